The number of carbonyl (C=O) groups excluding carboxylic acids is 2. The number of benzene rings is 3. The third kappa shape index (κ3) is 6.31. The molecule has 1 unspecified atom stereocenters. The average Bonchev–Trinajstić information content (AvgIpc) is 3.02. The predicted octanol–water partition coefficient (Wildman–Crippen LogP) is 5.02. The number of nitrogens with one attached hydrogen (secondary N) is 2. The van der Waals surface area contributed by atoms with Crippen LogP contribution in [-0.2, 0) is 26.6 Å². The first-order valence-electron chi connectivity index (χ1n) is 13.4. The molecule has 0 spiro atoms. The molecule has 3 aromatic carbocycles. The summed E-state index contributed by atoms with van der Waals surface area (Å²) in [4.78, 5) is 47.7. The van der Waals surface area contributed by atoms with Crippen molar-refractivity contribution in [1.29, 1.82) is 0 Å². The Morgan fingerprint density at radius 3 is 2.20 bits per heavy atom. The van der Waals surface area contributed by atoms with E-state index >= 15 is 0 Å². The molecule has 0 fully saturated rings. The number of fused-ring (bicyclic) bond motifs is 1. The number of pyridine rings is 1. The second-order valence-corrected chi connectivity index (χ2v) is 11.8. The number of sulfonamides is 1. The first kappa shape index (κ1) is 30.4. The molecule has 0 aliphatic carbocycles. The Morgan fingerprint density at radius 2 is 1.57 bits per heavy atom. The molecule has 0 saturated carbocycles. The van der Waals surface area contributed by atoms with E-state index in [1.54, 1.807) is 61.5 Å². The van der Waals surface area contributed by atoms with Crippen LogP contribution in [0.25, 0.3) is 21.9 Å². The number of hydrogen-bond acceptors (Lipinski definition) is 8. The number of rotatable bonds is 9. The van der Waals surface area contributed by atoms with Crippen LogP contribution >= 0.6 is 11.6 Å². The van der Waals surface area contributed by atoms with Crippen LogP contribution in [0.5, 0.6) is 0 Å². The molecule has 0 radical (unpaired) electrons. The average molecular weight is 632 g/mol. The first-order valence-corrected chi connectivity index (χ1v) is 15.2. The van der Waals surface area contributed by atoms with Crippen molar-refractivity contribution in [3.05, 3.63) is 112 Å². The van der Waals surface area contributed by atoms with Gasteiger partial charge in [0, 0.05) is 41.1 Å². The molecule has 224 valence electrons. The van der Waals surface area contributed by atoms with Gasteiger partial charge in [-0.3, -0.25) is 9.59 Å². The van der Waals surface area contributed by atoms with Gasteiger partial charge in [0.05, 0.1) is 4.90 Å². The lowest BCUT2D eigenvalue weighted by Gasteiger charge is -2.20. The van der Waals surface area contributed by atoms with Crippen molar-refractivity contribution in [3.63, 3.8) is 0 Å². The zero-order valence-electron chi connectivity index (χ0n) is 23.5. The molecule has 1 atom stereocenters. The molecule has 5 aromatic rings. The lowest BCUT2D eigenvalue weighted by atomic mass is 9.96. The van der Waals surface area contributed by atoms with Crippen LogP contribution in [0.3, 0.4) is 0 Å². The number of hydrogen-bond donors (Lipinski definition) is 2. The third-order valence-electron chi connectivity index (χ3n) is 6.77. The Kier molecular flexibility index (Phi) is 8.74. The Hall–Kier alpha value is -5.07. The number of amides is 1. The number of ether oxygens (including phenoxy) is 1. The van der Waals surface area contributed by atoms with E-state index in [0.29, 0.717) is 26.9 Å². The van der Waals surface area contributed by atoms with Gasteiger partial charge in [-0.05, 0) is 65.9 Å². The van der Waals surface area contributed by atoms with Crippen LogP contribution in [-0.4, -0.2) is 40.9 Å². The molecular formula is C31H26ClN5O6S. The predicted molar refractivity (Wildman–Crippen MR) is 167 cm³/mol. The SMILES string of the molecule is CCC(OC(=O)c1c(-c2ccc(Cl)cc2)c2ccccc2c(=O)n1C)C(=O)Nc1ccc(S(=O)(=O)Nc2ncccn2)cc1. The van der Waals surface area contributed by atoms with Crippen molar-refractivity contribution in [1.82, 2.24) is 14.5 Å². The Balaban J connectivity index is 1.39. The van der Waals surface area contributed by atoms with Crippen molar-refractivity contribution in [2.75, 3.05) is 10.0 Å². The Bertz CT molecular complexity index is 2020. The minimum atomic E-state index is -3.97. The van der Waals surface area contributed by atoms with Crippen LogP contribution in [0.2, 0.25) is 5.02 Å². The standard InChI is InChI=1S/C31H26ClN5O6S/c1-3-25(28(38)35-21-13-15-22(16-14-21)44(41,42)36-31-33-17-6-18-34-31)43-30(40)27-26(19-9-11-20(32)12-10-19)23-7-4-5-8-24(23)29(39)37(27)2/h4-18,25H,3H2,1-2H3,(H,35,38)(H,33,34,36). The second-order valence-electron chi connectivity index (χ2n) is 9.63. The quantitative estimate of drug-likeness (QED) is 0.215. The Morgan fingerprint density at radius 1 is 0.932 bits per heavy atom. The normalized spacial score (nSPS) is 12.0. The summed E-state index contributed by atoms with van der Waals surface area (Å²) in [5.74, 6) is -1.58. The van der Waals surface area contributed by atoms with Crippen molar-refractivity contribution in [2.45, 2.75) is 24.3 Å². The van der Waals surface area contributed by atoms with Gasteiger partial charge in [0.1, 0.15) is 5.69 Å². The van der Waals surface area contributed by atoms with E-state index in [9.17, 15) is 22.8 Å². The summed E-state index contributed by atoms with van der Waals surface area (Å²) in [6, 6.07) is 20.7. The van der Waals surface area contributed by atoms with Crippen LogP contribution < -0.4 is 15.6 Å². The van der Waals surface area contributed by atoms with Crippen molar-refractivity contribution < 1.29 is 22.7 Å². The zero-order chi connectivity index (χ0) is 31.4. The fourth-order valence-electron chi connectivity index (χ4n) is 4.59. The second kappa shape index (κ2) is 12.7. The molecule has 2 N–H and O–H groups in total. The summed E-state index contributed by atoms with van der Waals surface area (Å²) < 4.78 is 34.5. The molecule has 1 amide bonds. The van der Waals surface area contributed by atoms with Crippen molar-refractivity contribution in [3.8, 4) is 11.1 Å². The van der Waals surface area contributed by atoms with Gasteiger partial charge < -0.3 is 14.6 Å². The van der Waals surface area contributed by atoms with Gasteiger partial charge in [-0.2, -0.15) is 0 Å². The molecule has 0 saturated heterocycles. The highest BCUT2D eigenvalue weighted by Crippen LogP contribution is 2.32. The lowest BCUT2D eigenvalue weighted by Crippen LogP contribution is -2.34. The highest BCUT2D eigenvalue weighted by molar-refractivity contribution is 7.92. The maximum Gasteiger partial charge on any atom is 0.356 e. The van der Waals surface area contributed by atoms with E-state index in [0.717, 1.165) is 0 Å². The molecule has 0 bridgehead atoms. The van der Waals surface area contributed by atoms with Crippen molar-refractivity contribution >= 4 is 55.9 Å². The number of esters is 1. The minimum absolute atomic E-state index is 0.0215. The molecule has 5 rings (SSSR count). The molecule has 2 aromatic heterocycles. The Labute approximate surface area is 257 Å². The molecule has 13 heteroatoms. The van der Waals surface area contributed by atoms with E-state index in [-0.39, 0.29) is 28.6 Å². The van der Waals surface area contributed by atoms with Gasteiger partial charge in [-0.25, -0.2) is 27.9 Å². The topological polar surface area (TPSA) is 149 Å². The number of anilines is 2. The zero-order valence-corrected chi connectivity index (χ0v) is 25.1. The molecule has 0 aliphatic rings. The number of halogens is 1. The minimum Gasteiger partial charge on any atom is -0.448 e. The number of aromatic nitrogens is 3. The van der Waals surface area contributed by atoms with E-state index in [1.165, 1.54) is 48.3 Å². The number of nitrogens with zero attached hydrogens (tertiary/aromatic N) is 3. The molecule has 11 nitrogen and oxygen atoms in total. The summed E-state index contributed by atoms with van der Waals surface area (Å²) in [6.45, 7) is 1.67. The largest absolute Gasteiger partial charge is 0.448 e. The highest BCUT2D eigenvalue weighted by Gasteiger charge is 2.28. The fraction of sp³-hybridized carbons (Fsp3) is 0.129. The van der Waals surface area contributed by atoms with Crippen LogP contribution in [0, 0.1) is 0 Å². The lowest BCUT2D eigenvalue weighted by molar-refractivity contribution is -0.124. The first-order chi connectivity index (χ1) is 21.1. The van der Waals surface area contributed by atoms with Gasteiger partial charge in [0.15, 0.2) is 6.10 Å². The van der Waals surface area contributed by atoms with E-state index in [2.05, 4.69) is 20.0 Å². The molecule has 44 heavy (non-hydrogen) atoms. The summed E-state index contributed by atoms with van der Waals surface area (Å²) in [5, 5.41) is 4.11. The van der Waals surface area contributed by atoms with E-state index in [4.69, 9.17) is 16.3 Å². The number of carbonyl (C=O) groups is 2. The van der Waals surface area contributed by atoms with Gasteiger partial charge in [0.25, 0.3) is 21.5 Å². The highest BCUT2D eigenvalue weighted by atomic mass is 35.5. The van der Waals surface area contributed by atoms with Crippen LogP contribution in [0.15, 0.2) is 101 Å². The van der Waals surface area contributed by atoms with Gasteiger partial charge >= 0.3 is 5.97 Å². The third-order valence-corrected chi connectivity index (χ3v) is 8.36. The summed E-state index contributed by atoms with van der Waals surface area (Å²) in [7, 11) is -2.50. The van der Waals surface area contributed by atoms with Crippen LogP contribution in [0.4, 0.5) is 11.6 Å². The summed E-state index contributed by atoms with van der Waals surface area (Å²) >= 11 is 6.10. The van der Waals surface area contributed by atoms with E-state index in [1.807, 2.05) is 0 Å². The maximum absolute atomic E-state index is 13.7. The van der Waals surface area contributed by atoms with Crippen molar-refractivity contribution in [2.24, 2.45) is 7.05 Å². The van der Waals surface area contributed by atoms with Gasteiger partial charge in [0.2, 0.25) is 5.95 Å². The maximum atomic E-state index is 13.7. The summed E-state index contributed by atoms with van der Waals surface area (Å²) in [5.41, 5.74) is 0.956. The molecule has 2 heterocycles. The van der Waals surface area contributed by atoms with Gasteiger partial charge in [-0.1, -0.05) is 48.9 Å². The van der Waals surface area contributed by atoms with Gasteiger partial charge in [-0.15, -0.1) is 0 Å². The van der Waals surface area contributed by atoms with Crippen LogP contribution in [0.1, 0.15) is 23.8 Å². The fourth-order valence-corrected chi connectivity index (χ4v) is 5.68. The molecule has 0 aliphatic heterocycles. The van der Waals surface area contributed by atoms with E-state index < -0.39 is 33.6 Å². The monoisotopic (exact) mass is 631 g/mol. The smallest absolute Gasteiger partial charge is 0.356 e. The molecular weight excluding hydrogens is 606 g/mol. The summed E-state index contributed by atoms with van der Waals surface area (Å²) in [6.07, 6.45) is 1.71.